The third-order valence-corrected chi connectivity index (χ3v) is 4.31. The molecule has 7 heteroatoms. The van der Waals surface area contributed by atoms with Crippen molar-refractivity contribution in [3.05, 3.63) is 18.6 Å². The summed E-state index contributed by atoms with van der Waals surface area (Å²) in [6.45, 7) is 5.77. The minimum Gasteiger partial charge on any atom is -0.376 e. The molecule has 0 unspecified atom stereocenters. The maximum Gasteiger partial charge on any atom is 0.317 e. The van der Waals surface area contributed by atoms with Gasteiger partial charge in [-0.05, 0) is 19.8 Å². The third-order valence-electron chi connectivity index (χ3n) is 4.31. The Morgan fingerprint density at radius 2 is 2.18 bits per heavy atom. The molecule has 120 valence electrons. The topological polar surface area (TPSA) is 70.6 Å². The zero-order chi connectivity index (χ0) is 15.4. The summed E-state index contributed by atoms with van der Waals surface area (Å²) >= 11 is 0. The van der Waals surface area contributed by atoms with Gasteiger partial charge in [0.25, 0.3) is 0 Å². The molecule has 1 aromatic rings. The second-order valence-electron chi connectivity index (χ2n) is 5.83. The van der Waals surface area contributed by atoms with Crippen LogP contribution < -0.4 is 10.2 Å². The van der Waals surface area contributed by atoms with E-state index < -0.39 is 0 Å². The van der Waals surface area contributed by atoms with Crippen LogP contribution in [0.1, 0.15) is 19.8 Å². The van der Waals surface area contributed by atoms with Crippen molar-refractivity contribution < 1.29 is 9.53 Å². The highest BCUT2D eigenvalue weighted by Crippen LogP contribution is 2.16. The van der Waals surface area contributed by atoms with Gasteiger partial charge in [-0.1, -0.05) is 0 Å². The molecule has 2 aliphatic rings. The molecular formula is C15H23N5O2. The fourth-order valence-electron chi connectivity index (χ4n) is 2.97. The lowest BCUT2D eigenvalue weighted by Gasteiger charge is -2.36. The fraction of sp³-hybridized carbons (Fsp3) is 0.667. The molecule has 2 amide bonds. The molecule has 22 heavy (non-hydrogen) atoms. The molecular weight excluding hydrogens is 282 g/mol. The summed E-state index contributed by atoms with van der Waals surface area (Å²) in [7, 11) is 0. The molecule has 0 radical (unpaired) electrons. The maximum absolute atomic E-state index is 12.3. The van der Waals surface area contributed by atoms with Crippen LogP contribution in [-0.2, 0) is 4.74 Å². The Balaban J connectivity index is 1.47. The molecule has 2 saturated heterocycles. The lowest BCUT2D eigenvalue weighted by atomic mass is 10.1. The van der Waals surface area contributed by atoms with Crippen molar-refractivity contribution in [2.75, 3.05) is 37.7 Å². The van der Waals surface area contributed by atoms with Crippen LogP contribution in [-0.4, -0.2) is 65.8 Å². The highest BCUT2D eigenvalue weighted by Gasteiger charge is 2.27. The van der Waals surface area contributed by atoms with Gasteiger partial charge in [0.2, 0.25) is 0 Å². The number of rotatable bonds is 3. The zero-order valence-corrected chi connectivity index (χ0v) is 12.9. The first-order valence-electron chi connectivity index (χ1n) is 7.92. The number of nitrogens with one attached hydrogen (secondary N) is 1. The standard InChI is InChI=1S/C15H23N5O2/c1-12(13-3-2-10-22-13)18-15(21)20-8-6-19(7-9-20)14-11-16-4-5-17-14/h4-5,11-13H,2-3,6-10H2,1H3,(H,18,21)/t12-,13+/m0/s1. The highest BCUT2D eigenvalue weighted by atomic mass is 16.5. The summed E-state index contributed by atoms with van der Waals surface area (Å²) in [5.41, 5.74) is 0. The number of amides is 2. The Labute approximate surface area is 130 Å². The Hall–Kier alpha value is -1.89. The van der Waals surface area contributed by atoms with Gasteiger partial charge in [0.1, 0.15) is 5.82 Å². The van der Waals surface area contributed by atoms with Crippen LogP contribution in [0.15, 0.2) is 18.6 Å². The summed E-state index contributed by atoms with van der Waals surface area (Å²) in [5.74, 6) is 0.871. The number of carbonyl (C=O) groups is 1. The second kappa shape index (κ2) is 6.91. The first-order chi connectivity index (χ1) is 10.7. The van der Waals surface area contributed by atoms with Crippen LogP contribution in [0, 0.1) is 0 Å². The van der Waals surface area contributed by atoms with E-state index in [-0.39, 0.29) is 18.2 Å². The number of nitrogens with zero attached hydrogens (tertiary/aromatic N) is 4. The van der Waals surface area contributed by atoms with Crippen LogP contribution in [0.4, 0.5) is 10.6 Å². The number of hydrogen-bond acceptors (Lipinski definition) is 5. The fourth-order valence-corrected chi connectivity index (χ4v) is 2.97. The van der Waals surface area contributed by atoms with Crippen LogP contribution in [0.25, 0.3) is 0 Å². The predicted octanol–water partition coefficient (Wildman–Crippen LogP) is 0.876. The smallest absolute Gasteiger partial charge is 0.317 e. The van der Waals surface area contributed by atoms with Crippen molar-refractivity contribution in [2.24, 2.45) is 0 Å². The van der Waals surface area contributed by atoms with Gasteiger partial charge in [-0.25, -0.2) is 9.78 Å². The van der Waals surface area contributed by atoms with Gasteiger partial charge in [-0.3, -0.25) is 4.98 Å². The molecule has 0 saturated carbocycles. The molecule has 1 N–H and O–H groups in total. The largest absolute Gasteiger partial charge is 0.376 e. The predicted molar refractivity (Wildman–Crippen MR) is 82.8 cm³/mol. The van der Waals surface area contributed by atoms with E-state index >= 15 is 0 Å². The molecule has 2 aliphatic heterocycles. The van der Waals surface area contributed by atoms with Crippen molar-refractivity contribution in [3.63, 3.8) is 0 Å². The Bertz CT molecular complexity index is 484. The van der Waals surface area contributed by atoms with E-state index in [1.165, 1.54) is 0 Å². The molecule has 2 fully saturated rings. The Morgan fingerprint density at radius 1 is 1.36 bits per heavy atom. The van der Waals surface area contributed by atoms with Gasteiger partial charge in [-0.2, -0.15) is 0 Å². The van der Waals surface area contributed by atoms with Crippen LogP contribution in [0.2, 0.25) is 0 Å². The summed E-state index contributed by atoms with van der Waals surface area (Å²) in [6, 6.07) is 0.0646. The molecule has 3 rings (SSSR count). The number of hydrogen-bond donors (Lipinski definition) is 1. The first-order valence-corrected chi connectivity index (χ1v) is 7.92. The molecule has 3 heterocycles. The van der Waals surface area contributed by atoms with Crippen molar-refractivity contribution >= 4 is 11.8 Å². The molecule has 0 aromatic carbocycles. The molecule has 0 spiro atoms. The van der Waals surface area contributed by atoms with Crippen molar-refractivity contribution in [3.8, 4) is 0 Å². The van der Waals surface area contributed by atoms with E-state index in [9.17, 15) is 4.79 Å². The van der Waals surface area contributed by atoms with Crippen molar-refractivity contribution in [1.29, 1.82) is 0 Å². The average Bonchev–Trinajstić information content (AvgIpc) is 3.10. The number of anilines is 1. The minimum absolute atomic E-state index is 0.00166. The van der Waals surface area contributed by atoms with Crippen LogP contribution in [0.3, 0.4) is 0 Å². The minimum atomic E-state index is 0.00166. The van der Waals surface area contributed by atoms with Crippen LogP contribution >= 0.6 is 0 Å². The normalized spacial score (nSPS) is 23.4. The number of carbonyl (C=O) groups excluding carboxylic acids is 1. The van der Waals surface area contributed by atoms with Gasteiger partial charge < -0.3 is 19.9 Å². The number of piperazine rings is 1. The zero-order valence-electron chi connectivity index (χ0n) is 12.9. The summed E-state index contributed by atoms with van der Waals surface area (Å²) in [4.78, 5) is 24.7. The van der Waals surface area contributed by atoms with Gasteiger partial charge in [-0.15, -0.1) is 0 Å². The lowest BCUT2D eigenvalue weighted by Crippen LogP contribution is -2.54. The SMILES string of the molecule is C[C@H](NC(=O)N1CCN(c2cnccn2)CC1)[C@H]1CCCO1. The van der Waals surface area contributed by atoms with E-state index in [0.29, 0.717) is 13.1 Å². The van der Waals surface area contributed by atoms with Gasteiger partial charge in [0.05, 0.1) is 18.3 Å². The van der Waals surface area contributed by atoms with Gasteiger partial charge in [0, 0.05) is 45.2 Å². The quantitative estimate of drug-likeness (QED) is 0.897. The molecule has 1 aromatic heterocycles. The number of ether oxygens (including phenoxy) is 1. The lowest BCUT2D eigenvalue weighted by molar-refractivity contribution is 0.0831. The summed E-state index contributed by atoms with van der Waals surface area (Å²) in [6.07, 6.45) is 7.39. The molecule has 7 nitrogen and oxygen atoms in total. The average molecular weight is 305 g/mol. The number of urea groups is 1. The molecule has 2 atom stereocenters. The molecule has 0 aliphatic carbocycles. The van der Waals surface area contributed by atoms with E-state index in [4.69, 9.17) is 4.74 Å². The van der Waals surface area contributed by atoms with Crippen molar-refractivity contribution in [1.82, 2.24) is 20.2 Å². The van der Waals surface area contributed by atoms with Gasteiger partial charge >= 0.3 is 6.03 Å². The summed E-state index contributed by atoms with van der Waals surface area (Å²) < 4.78 is 5.62. The van der Waals surface area contributed by atoms with Crippen LogP contribution in [0.5, 0.6) is 0 Å². The van der Waals surface area contributed by atoms with E-state index in [1.807, 2.05) is 11.8 Å². The first kappa shape index (κ1) is 15.0. The number of aromatic nitrogens is 2. The monoisotopic (exact) mass is 305 g/mol. The highest BCUT2D eigenvalue weighted by molar-refractivity contribution is 5.75. The molecule has 0 bridgehead atoms. The van der Waals surface area contributed by atoms with E-state index in [2.05, 4.69) is 20.2 Å². The summed E-state index contributed by atoms with van der Waals surface area (Å²) in [5, 5.41) is 3.06. The third kappa shape index (κ3) is 3.47. The van der Waals surface area contributed by atoms with E-state index in [0.717, 1.165) is 38.4 Å². The second-order valence-corrected chi connectivity index (χ2v) is 5.83. The maximum atomic E-state index is 12.3. The van der Waals surface area contributed by atoms with E-state index in [1.54, 1.807) is 18.6 Å². The van der Waals surface area contributed by atoms with Crippen molar-refractivity contribution in [2.45, 2.75) is 31.9 Å². The van der Waals surface area contributed by atoms with Gasteiger partial charge in [0.15, 0.2) is 0 Å². The Kier molecular flexibility index (Phi) is 4.72. The Morgan fingerprint density at radius 3 is 2.82 bits per heavy atom.